The average Bonchev–Trinajstić information content (AvgIpc) is 3.05. The molecule has 0 atom stereocenters. The topological polar surface area (TPSA) is 69.0 Å². The maximum atomic E-state index is 13.3. The summed E-state index contributed by atoms with van der Waals surface area (Å²) in [5.41, 5.74) is 5.11. The maximum absolute atomic E-state index is 13.3. The summed E-state index contributed by atoms with van der Waals surface area (Å²) in [6.45, 7) is 3.31. The van der Waals surface area contributed by atoms with Crippen LogP contribution in [0.25, 0.3) is 21.7 Å². The molecule has 27 heavy (non-hydrogen) atoms. The summed E-state index contributed by atoms with van der Waals surface area (Å²) in [6.07, 6.45) is 2.35. The van der Waals surface area contributed by atoms with Gasteiger partial charge in [0.2, 0.25) is 0 Å². The van der Waals surface area contributed by atoms with Gasteiger partial charge in [-0.05, 0) is 25.1 Å². The van der Waals surface area contributed by atoms with Crippen LogP contribution in [0.15, 0.2) is 53.5 Å². The van der Waals surface area contributed by atoms with E-state index in [2.05, 4.69) is 35.1 Å². The lowest BCUT2D eigenvalue weighted by atomic mass is 10.0. The van der Waals surface area contributed by atoms with Crippen molar-refractivity contribution in [1.82, 2.24) is 14.9 Å². The van der Waals surface area contributed by atoms with E-state index < -0.39 is 0 Å². The number of benzene rings is 2. The van der Waals surface area contributed by atoms with Crippen molar-refractivity contribution >= 4 is 27.6 Å². The number of nitrogens with zero attached hydrogens (tertiary/aromatic N) is 1. The zero-order valence-electron chi connectivity index (χ0n) is 15.0. The Morgan fingerprint density at radius 3 is 2.74 bits per heavy atom. The lowest BCUT2D eigenvalue weighted by Gasteiger charge is -2.27. The maximum Gasteiger partial charge on any atom is 0.256 e. The van der Waals surface area contributed by atoms with E-state index in [-0.39, 0.29) is 11.5 Å². The number of carbonyl (C=O) groups is 1. The molecular formula is C22H19N3O2. The Bertz CT molecular complexity index is 1270. The zero-order chi connectivity index (χ0) is 18.5. The quantitative estimate of drug-likeness (QED) is 0.547. The number of H-pyrrole nitrogens is 2. The Morgan fingerprint density at radius 2 is 1.89 bits per heavy atom. The monoisotopic (exact) mass is 357 g/mol. The summed E-state index contributed by atoms with van der Waals surface area (Å²) in [5, 5.41) is 2.43. The molecule has 0 bridgehead atoms. The lowest BCUT2D eigenvalue weighted by Crippen LogP contribution is -2.36. The van der Waals surface area contributed by atoms with E-state index in [4.69, 9.17) is 0 Å². The lowest BCUT2D eigenvalue weighted by molar-refractivity contribution is 0.0736. The molecule has 2 N–H and O–H groups in total. The second-order valence-electron chi connectivity index (χ2n) is 7.18. The first-order valence-corrected chi connectivity index (χ1v) is 9.11. The zero-order valence-corrected chi connectivity index (χ0v) is 15.0. The molecule has 5 nitrogen and oxygen atoms in total. The highest BCUT2D eigenvalue weighted by Crippen LogP contribution is 2.29. The van der Waals surface area contributed by atoms with Crippen molar-refractivity contribution in [3.63, 3.8) is 0 Å². The fraction of sp³-hybridized carbons (Fsp3) is 0.182. The molecule has 1 aliphatic rings. The standard InChI is InChI=1S/C22H19N3O2/c1-13-6-7-19-16(10-13)18-12-25(9-8-20(18)24-19)22(27)17-11-23-21(26)15-5-3-2-4-14(15)17/h2-7,10-11,24H,8-9,12H2,1H3,(H,23,26). The van der Waals surface area contributed by atoms with Gasteiger partial charge in [-0.15, -0.1) is 0 Å². The largest absolute Gasteiger partial charge is 0.358 e. The van der Waals surface area contributed by atoms with Gasteiger partial charge in [-0.3, -0.25) is 9.59 Å². The van der Waals surface area contributed by atoms with Gasteiger partial charge in [-0.1, -0.05) is 29.8 Å². The van der Waals surface area contributed by atoms with Crippen molar-refractivity contribution < 1.29 is 4.79 Å². The Morgan fingerprint density at radius 1 is 1.07 bits per heavy atom. The second kappa shape index (κ2) is 5.84. The van der Waals surface area contributed by atoms with Crippen LogP contribution in [0.2, 0.25) is 0 Å². The predicted molar refractivity (Wildman–Crippen MR) is 106 cm³/mol. The second-order valence-corrected chi connectivity index (χ2v) is 7.18. The van der Waals surface area contributed by atoms with E-state index in [0.29, 0.717) is 29.4 Å². The molecule has 0 aliphatic carbocycles. The first-order chi connectivity index (χ1) is 13.1. The van der Waals surface area contributed by atoms with Crippen molar-refractivity contribution in [2.45, 2.75) is 19.9 Å². The van der Waals surface area contributed by atoms with Crippen molar-refractivity contribution in [1.29, 1.82) is 0 Å². The molecule has 3 heterocycles. The van der Waals surface area contributed by atoms with Gasteiger partial charge < -0.3 is 14.9 Å². The number of fused-ring (bicyclic) bond motifs is 4. The minimum absolute atomic E-state index is 0.0462. The van der Waals surface area contributed by atoms with E-state index >= 15 is 0 Å². The van der Waals surface area contributed by atoms with Gasteiger partial charge in [0, 0.05) is 58.6 Å². The molecule has 1 aliphatic heterocycles. The highest BCUT2D eigenvalue weighted by atomic mass is 16.2. The van der Waals surface area contributed by atoms with Crippen LogP contribution >= 0.6 is 0 Å². The molecule has 0 saturated carbocycles. The Balaban J connectivity index is 1.57. The summed E-state index contributed by atoms with van der Waals surface area (Å²) in [7, 11) is 0. The highest BCUT2D eigenvalue weighted by Gasteiger charge is 2.26. The normalized spacial score (nSPS) is 13.9. The van der Waals surface area contributed by atoms with Crippen LogP contribution in [0.4, 0.5) is 0 Å². The van der Waals surface area contributed by atoms with Crippen molar-refractivity contribution in [3.05, 3.63) is 81.4 Å². The van der Waals surface area contributed by atoms with Crippen LogP contribution in [-0.2, 0) is 13.0 Å². The third-order valence-corrected chi connectivity index (χ3v) is 5.46. The molecule has 2 aromatic carbocycles. The highest BCUT2D eigenvalue weighted by molar-refractivity contribution is 6.06. The number of nitrogens with one attached hydrogen (secondary N) is 2. The first-order valence-electron chi connectivity index (χ1n) is 9.11. The van der Waals surface area contributed by atoms with E-state index in [1.54, 1.807) is 12.3 Å². The van der Waals surface area contributed by atoms with Crippen LogP contribution in [-0.4, -0.2) is 27.3 Å². The van der Waals surface area contributed by atoms with E-state index in [9.17, 15) is 9.59 Å². The van der Waals surface area contributed by atoms with Crippen LogP contribution < -0.4 is 5.56 Å². The van der Waals surface area contributed by atoms with Gasteiger partial charge in [0.05, 0.1) is 5.56 Å². The van der Waals surface area contributed by atoms with Gasteiger partial charge in [0.25, 0.3) is 11.5 Å². The molecule has 4 aromatic rings. The SMILES string of the molecule is Cc1ccc2[nH]c3c(c2c1)CN(C(=O)c1c[nH]c(=O)c2ccccc12)CC3. The van der Waals surface area contributed by atoms with Crippen LogP contribution in [0, 0.1) is 6.92 Å². The molecule has 2 aromatic heterocycles. The van der Waals surface area contributed by atoms with Crippen LogP contribution in [0.5, 0.6) is 0 Å². The fourth-order valence-electron chi connectivity index (χ4n) is 4.06. The molecule has 0 saturated heterocycles. The molecular weight excluding hydrogens is 338 g/mol. The summed E-state index contributed by atoms with van der Waals surface area (Å²) in [6, 6.07) is 13.6. The Kier molecular flexibility index (Phi) is 3.44. The van der Waals surface area contributed by atoms with Gasteiger partial charge in [-0.2, -0.15) is 0 Å². The van der Waals surface area contributed by atoms with Gasteiger partial charge >= 0.3 is 0 Å². The van der Waals surface area contributed by atoms with E-state index in [1.807, 2.05) is 23.1 Å². The number of aryl methyl sites for hydroxylation is 1. The van der Waals surface area contributed by atoms with Crippen LogP contribution in [0.1, 0.15) is 27.2 Å². The summed E-state index contributed by atoms with van der Waals surface area (Å²) in [4.78, 5) is 33.4. The number of hydrogen-bond acceptors (Lipinski definition) is 2. The van der Waals surface area contributed by atoms with Crippen molar-refractivity contribution in [2.24, 2.45) is 0 Å². The number of aromatic nitrogens is 2. The first kappa shape index (κ1) is 15.9. The smallest absolute Gasteiger partial charge is 0.256 e. The molecule has 134 valence electrons. The summed E-state index contributed by atoms with van der Waals surface area (Å²) >= 11 is 0. The minimum atomic E-state index is -0.171. The Labute approximate surface area is 155 Å². The number of carbonyl (C=O) groups excluding carboxylic acids is 1. The summed E-state index contributed by atoms with van der Waals surface area (Å²) in [5.74, 6) is -0.0462. The molecule has 0 fully saturated rings. The molecule has 5 heteroatoms. The van der Waals surface area contributed by atoms with Gasteiger partial charge in [0.15, 0.2) is 0 Å². The Hall–Kier alpha value is -3.34. The fourth-order valence-corrected chi connectivity index (χ4v) is 4.06. The third kappa shape index (κ3) is 2.46. The van der Waals surface area contributed by atoms with Crippen molar-refractivity contribution in [3.8, 4) is 0 Å². The van der Waals surface area contributed by atoms with Crippen LogP contribution in [0.3, 0.4) is 0 Å². The predicted octanol–water partition coefficient (Wildman–Crippen LogP) is 3.52. The molecule has 0 spiro atoms. The molecule has 1 amide bonds. The number of rotatable bonds is 1. The molecule has 5 rings (SSSR count). The van der Waals surface area contributed by atoms with E-state index in [0.717, 1.165) is 11.9 Å². The number of aromatic amines is 2. The number of amides is 1. The van der Waals surface area contributed by atoms with Crippen molar-refractivity contribution in [2.75, 3.05) is 6.54 Å². The van der Waals surface area contributed by atoms with Gasteiger partial charge in [0.1, 0.15) is 0 Å². The van der Waals surface area contributed by atoms with Gasteiger partial charge in [-0.25, -0.2) is 0 Å². The third-order valence-electron chi connectivity index (χ3n) is 5.46. The number of hydrogen-bond donors (Lipinski definition) is 2. The molecule has 0 radical (unpaired) electrons. The molecule has 0 unspecified atom stereocenters. The average molecular weight is 357 g/mol. The van der Waals surface area contributed by atoms with E-state index in [1.165, 1.54) is 22.2 Å². The number of pyridine rings is 1. The summed E-state index contributed by atoms with van der Waals surface area (Å²) < 4.78 is 0. The minimum Gasteiger partial charge on any atom is -0.358 e.